The summed E-state index contributed by atoms with van der Waals surface area (Å²) in [4.78, 5) is 11.9. The molecule has 0 saturated heterocycles. The van der Waals surface area contributed by atoms with Crippen molar-refractivity contribution < 1.29 is 4.79 Å². The molecule has 0 unspecified atom stereocenters. The van der Waals surface area contributed by atoms with Crippen LogP contribution in [-0.4, -0.2) is 5.91 Å². The molecule has 98 valence electrons. The van der Waals surface area contributed by atoms with E-state index in [1.807, 2.05) is 0 Å². The maximum absolute atomic E-state index is 11.9. The lowest BCUT2D eigenvalue weighted by atomic mass is 9.90. The Kier molecular flexibility index (Phi) is 3.02. The Bertz CT molecular complexity index is 552. The minimum atomic E-state index is -0.714. The minimum Gasteiger partial charge on any atom is -0.351 e. The van der Waals surface area contributed by atoms with Gasteiger partial charge in [0, 0.05) is 6.54 Å². The smallest absolute Gasteiger partial charge is 0.240 e. The van der Waals surface area contributed by atoms with Crippen LogP contribution in [0.15, 0.2) is 18.2 Å². The lowest BCUT2D eigenvalue weighted by Crippen LogP contribution is -2.30. The predicted molar refractivity (Wildman–Crippen MR) is 72.2 cm³/mol. The quantitative estimate of drug-likeness (QED) is 0.901. The summed E-state index contributed by atoms with van der Waals surface area (Å²) >= 11 is 0. The topological polar surface area (TPSA) is 52.9 Å². The first-order valence-electron chi connectivity index (χ1n) is 7.04. The molecule has 1 N–H and O–H groups in total. The zero-order valence-electron chi connectivity index (χ0n) is 11.0. The normalized spacial score (nSPS) is 19.1. The van der Waals surface area contributed by atoms with E-state index in [0.29, 0.717) is 19.4 Å². The molecule has 1 aromatic rings. The molecule has 0 heterocycles. The number of rotatable bonds is 3. The summed E-state index contributed by atoms with van der Waals surface area (Å²) in [6.45, 7) is 0.537. The van der Waals surface area contributed by atoms with Crippen LogP contribution in [0.2, 0.25) is 0 Å². The van der Waals surface area contributed by atoms with Gasteiger partial charge in [-0.1, -0.05) is 18.2 Å². The third-order valence-electron chi connectivity index (χ3n) is 4.26. The number of benzene rings is 1. The summed E-state index contributed by atoms with van der Waals surface area (Å²) < 4.78 is 0. The second kappa shape index (κ2) is 4.70. The number of hydrogen-bond acceptors (Lipinski definition) is 2. The standard InChI is InChI=1S/C16H18N2O/c17-11-16(7-8-16)15(19)18-10-12-5-6-13-3-1-2-4-14(13)9-12/h5-6,9H,1-4,7-8,10H2,(H,18,19). The van der Waals surface area contributed by atoms with Crippen molar-refractivity contribution in [2.45, 2.75) is 45.1 Å². The summed E-state index contributed by atoms with van der Waals surface area (Å²) in [5.41, 5.74) is 3.31. The fourth-order valence-corrected chi connectivity index (χ4v) is 2.76. The second-order valence-corrected chi connectivity index (χ2v) is 5.69. The summed E-state index contributed by atoms with van der Waals surface area (Å²) in [5, 5.41) is 11.9. The van der Waals surface area contributed by atoms with Crippen LogP contribution >= 0.6 is 0 Å². The van der Waals surface area contributed by atoms with Gasteiger partial charge in [-0.2, -0.15) is 5.26 Å². The van der Waals surface area contributed by atoms with Gasteiger partial charge in [-0.15, -0.1) is 0 Å². The Hall–Kier alpha value is -1.82. The fourth-order valence-electron chi connectivity index (χ4n) is 2.76. The van der Waals surface area contributed by atoms with Gasteiger partial charge in [-0.25, -0.2) is 0 Å². The lowest BCUT2D eigenvalue weighted by Gasteiger charge is -2.17. The van der Waals surface area contributed by atoms with Crippen molar-refractivity contribution in [3.8, 4) is 6.07 Å². The fraction of sp³-hybridized carbons (Fsp3) is 0.500. The SMILES string of the molecule is N#CC1(C(=O)NCc2ccc3c(c2)CCCC3)CC1. The number of carbonyl (C=O) groups excluding carboxylic acids is 1. The summed E-state index contributed by atoms with van der Waals surface area (Å²) in [7, 11) is 0. The van der Waals surface area contributed by atoms with Crippen LogP contribution in [-0.2, 0) is 24.2 Å². The highest BCUT2D eigenvalue weighted by Gasteiger charge is 2.50. The van der Waals surface area contributed by atoms with E-state index in [1.54, 1.807) is 0 Å². The molecule has 2 aliphatic rings. The van der Waals surface area contributed by atoms with Crippen LogP contribution in [0.3, 0.4) is 0 Å². The Labute approximate surface area is 113 Å². The molecule has 1 aromatic carbocycles. The van der Waals surface area contributed by atoms with E-state index >= 15 is 0 Å². The largest absolute Gasteiger partial charge is 0.351 e. The molecule has 19 heavy (non-hydrogen) atoms. The van der Waals surface area contributed by atoms with Crippen LogP contribution in [0.4, 0.5) is 0 Å². The van der Waals surface area contributed by atoms with Crippen molar-refractivity contribution in [1.29, 1.82) is 5.26 Å². The van der Waals surface area contributed by atoms with Crippen molar-refractivity contribution in [2.24, 2.45) is 5.41 Å². The number of amides is 1. The lowest BCUT2D eigenvalue weighted by molar-refractivity contribution is -0.124. The van der Waals surface area contributed by atoms with Crippen molar-refractivity contribution in [3.63, 3.8) is 0 Å². The molecule has 0 aromatic heterocycles. The molecule has 0 radical (unpaired) electrons. The molecular formula is C16H18N2O. The first-order valence-corrected chi connectivity index (χ1v) is 7.04. The van der Waals surface area contributed by atoms with E-state index in [4.69, 9.17) is 5.26 Å². The number of nitrogens with one attached hydrogen (secondary N) is 1. The minimum absolute atomic E-state index is 0.104. The highest BCUT2D eigenvalue weighted by atomic mass is 16.2. The van der Waals surface area contributed by atoms with E-state index in [-0.39, 0.29) is 5.91 Å². The first kappa shape index (κ1) is 12.2. The zero-order chi connectivity index (χ0) is 13.3. The summed E-state index contributed by atoms with van der Waals surface area (Å²) in [6, 6.07) is 8.62. The van der Waals surface area contributed by atoms with E-state index in [2.05, 4.69) is 29.6 Å². The summed E-state index contributed by atoms with van der Waals surface area (Å²) in [6.07, 6.45) is 6.30. The van der Waals surface area contributed by atoms with Crippen LogP contribution in [0.1, 0.15) is 42.4 Å². The monoisotopic (exact) mass is 254 g/mol. The molecule has 1 amide bonds. The zero-order valence-corrected chi connectivity index (χ0v) is 11.0. The van der Waals surface area contributed by atoms with Gasteiger partial charge in [0.25, 0.3) is 0 Å². The number of nitriles is 1. The van der Waals surface area contributed by atoms with Crippen molar-refractivity contribution in [3.05, 3.63) is 34.9 Å². The van der Waals surface area contributed by atoms with Gasteiger partial charge < -0.3 is 5.32 Å². The Morgan fingerprint density at radius 1 is 1.26 bits per heavy atom. The molecule has 0 bridgehead atoms. The average molecular weight is 254 g/mol. The van der Waals surface area contributed by atoms with Crippen LogP contribution < -0.4 is 5.32 Å². The maximum Gasteiger partial charge on any atom is 0.240 e. The summed E-state index contributed by atoms with van der Waals surface area (Å²) in [5.74, 6) is -0.104. The molecule has 2 aliphatic carbocycles. The molecule has 3 rings (SSSR count). The molecule has 1 fully saturated rings. The maximum atomic E-state index is 11.9. The predicted octanol–water partition coefficient (Wildman–Crippen LogP) is 2.49. The van der Waals surface area contributed by atoms with E-state index in [0.717, 1.165) is 12.0 Å². The number of carbonyl (C=O) groups is 1. The Morgan fingerprint density at radius 2 is 2.00 bits per heavy atom. The van der Waals surface area contributed by atoms with Crippen molar-refractivity contribution >= 4 is 5.91 Å². The number of hydrogen-bond donors (Lipinski definition) is 1. The molecule has 0 atom stereocenters. The second-order valence-electron chi connectivity index (χ2n) is 5.69. The van der Waals surface area contributed by atoms with Gasteiger partial charge in [0.2, 0.25) is 5.91 Å². The van der Waals surface area contributed by atoms with Crippen LogP contribution in [0, 0.1) is 16.7 Å². The molecule has 3 heteroatoms. The van der Waals surface area contributed by atoms with Crippen molar-refractivity contribution in [1.82, 2.24) is 5.32 Å². The number of fused-ring (bicyclic) bond motifs is 1. The highest BCUT2D eigenvalue weighted by Crippen LogP contribution is 2.45. The number of nitrogens with zero attached hydrogens (tertiary/aromatic N) is 1. The van der Waals surface area contributed by atoms with Crippen molar-refractivity contribution in [2.75, 3.05) is 0 Å². The third kappa shape index (κ3) is 2.35. The van der Waals surface area contributed by atoms with Crippen LogP contribution in [0.5, 0.6) is 0 Å². The molecule has 3 nitrogen and oxygen atoms in total. The number of aryl methyl sites for hydroxylation is 2. The van der Waals surface area contributed by atoms with Gasteiger partial charge in [0.15, 0.2) is 0 Å². The van der Waals surface area contributed by atoms with Gasteiger partial charge >= 0.3 is 0 Å². The van der Waals surface area contributed by atoms with Gasteiger partial charge in [-0.3, -0.25) is 4.79 Å². The van der Waals surface area contributed by atoms with Gasteiger partial charge in [0.1, 0.15) is 5.41 Å². The van der Waals surface area contributed by atoms with E-state index in [9.17, 15) is 4.79 Å². The van der Waals surface area contributed by atoms with Crippen LogP contribution in [0.25, 0.3) is 0 Å². The molecule has 0 spiro atoms. The molecule has 0 aliphatic heterocycles. The van der Waals surface area contributed by atoms with Gasteiger partial charge in [-0.05, 0) is 55.2 Å². The van der Waals surface area contributed by atoms with E-state index < -0.39 is 5.41 Å². The third-order valence-corrected chi connectivity index (χ3v) is 4.26. The highest BCUT2D eigenvalue weighted by molar-refractivity contribution is 5.88. The van der Waals surface area contributed by atoms with E-state index in [1.165, 1.54) is 30.4 Å². The molecular weight excluding hydrogens is 236 g/mol. The molecule has 1 saturated carbocycles. The van der Waals surface area contributed by atoms with Gasteiger partial charge in [0.05, 0.1) is 6.07 Å². The average Bonchev–Trinajstić information content (AvgIpc) is 3.25. The Balaban J connectivity index is 1.64. The first-order chi connectivity index (χ1) is 9.23. The Morgan fingerprint density at radius 3 is 2.68 bits per heavy atom.